The lowest BCUT2D eigenvalue weighted by Gasteiger charge is -2.40. The molecular weight excluding hydrogens is 508 g/mol. The van der Waals surface area contributed by atoms with Crippen LogP contribution in [0.3, 0.4) is 0 Å². The number of ether oxygens (including phenoxy) is 3. The molecule has 1 amide bonds. The van der Waals surface area contributed by atoms with Crippen molar-refractivity contribution in [2.45, 2.75) is 76.5 Å². The molecule has 1 aromatic carbocycles. The Morgan fingerprint density at radius 3 is 2.82 bits per heavy atom. The van der Waals surface area contributed by atoms with Crippen molar-refractivity contribution in [1.29, 1.82) is 0 Å². The largest absolute Gasteiger partial charge is 0.493 e. The molecule has 0 aliphatic carbocycles. The molecule has 1 aromatic rings. The standard InChI is InChI=1S/C28H43ClN4O5/c1-2-36-26-16-25(30)24(29)15-23(26)28(35)31-17-22-18-32(13-14-37-22)11-5-3-4-9-27(34)38-21-8-6-7-20-10-12-33(20)19-21/h15-16,20-22H,2-14,17-19,30H2,1H3,(H,31,35)/t20?,21?,22-/m0/s1. The molecule has 2 unspecified atom stereocenters. The number of nitrogens with zero attached hydrogens (tertiary/aromatic N) is 2. The van der Waals surface area contributed by atoms with Gasteiger partial charge in [0, 0.05) is 51.3 Å². The Labute approximate surface area is 231 Å². The molecule has 3 atom stereocenters. The van der Waals surface area contributed by atoms with E-state index in [4.69, 9.17) is 31.5 Å². The van der Waals surface area contributed by atoms with Crippen LogP contribution in [0.5, 0.6) is 5.75 Å². The van der Waals surface area contributed by atoms with Gasteiger partial charge in [0.1, 0.15) is 11.9 Å². The van der Waals surface area contributed by atoms with Crippen LogP contribution in [0, 0.1) is 0 Å². The first kappa shape index (κ1) is 28.9. The Morgan fingerprint density at radius 1 is 1.16 bits per heavy atom. The molecule has 3 aliphatic heterocycles. The molecular formula is C28H43ClN4O5. The molecule has 212 valence electrons. The molecule has 0 saturated carbocycles. The van der Waals surface area contributed by atoms with Crippen LogP contribution < -0.4 is 15.8 Å². The minimum absolute atomic E-state index is 0.0500. The predicted octanol–water partition coefficient (Wildman–Crippen LogP) is 3.48. The lowest BCUT2D eigenvalue weighted by molar-refractivity contribution is -0.150. The summed E-state index contributed by atoms with van der Waals surface area (Å²) in [6.07, 6.45) is 8.05. The molecule has 9 nitrogen and oxygen atoms in total. The van der Waals surface area contributed by atoms with E-state index < -0.39 is 0 Å². The second-order valence-electron chi connectivity index (χ2n) is 10.6. The Bertz CT molecular complexity index is 948. The summed E-state index contributed by atoms with van der Waals surface area (Å²) in [5, 5.41) is 3.27. The number of esters is 1. The van der Waals surface area contributed by atoms with E-state index in [1.54, 1.807) is 12.1 Å². The van der Waals surface area contributed by atoms with Gasteiger partial charge in [0.25, 0.3) is 5.91 Å². The Kier molecular flexibility index (Phi) is 10.9. The summed E-state index contributed by atoms with van der Waals surface area (Å²) >= 11 is 6.13. The second kappa shape index (κ2) is 14.4. The van der Waals surface area contributed by atoms with Crippen molar-refractivity contribution < 1.29 is 23.8 Å². The fourth-order valence-corrected chi connectivity index (χ4v) is 5.71. The Balaban J connectivity index is 1.11. The van der Waals surface area contributed by atoms with Crippen LogP contribution in [-0.4, -0.2) is 92.4 Å². The summed E-state index contributed by atoms with van der Waals surface area (Å²) in [7, 11) is 0. The number of morpholine rings is 1. The highest BCUT2D eigenvalue weighted by Crippen LogP contribution is 2.29. The highest BCUT2D eigenvalue weighted by atomic mass is 35.5. The van der Waals surface area contributed by atoms with Gasteiger partial charge in [0.2, 0.25) is 0 Å². The number of rotatable bonds is 12. The van der Waals surface area contributed by atoms with Crippen LogP contribution in [0.1, 0.15) is 68.6 Å². The van der Waals surface area contributed by atoms with E-state index in [2.05, 4.69) is 15.1 Å². The van der Waals surface area contributed by atoms with E-state index in [9.17, 15) is 9.59 Å². The molecule has 0 spiro atoms. The van der Waals surface area contributed by atoms with Crippen molar-refractivity contribution in [2.75, 3.05) is 58.2 Å². The second-order valence-corrected chi connectivity index (χ2v) is 11.0. The number of unbranched alkanes of at least 4 members (excludes halogenated alkanes) is 2. The zero-order valence-corrected chi connectivity index (χ0v) is 23.3. The molecule has 0 radical (unpaired) electrons. The van der Waals surface area contributed by atoms with Crippen LogP contribution in [0.15, 0.2) is 12.1 Å². The number of benzene rings is 1. The van der Waals surface area contributed by atoms with Gasteiger partial charge in [-0.3, -0.25) is 19.4 Å². The molecule has 10 heteroatoms. The van der Waals surface area contributed by atoms with E-state index >= 15 is 0 Å². The highest BCUT2D eigenvalue weighted by Gasteiger charge is 2.33. The average Bonchev–Trinajstić information content (AvgIpc) is 3.02. The zero-order valence-electron chi connectivity index (χ0n) is 22.6. The third-order valence-corrected chi connectivity index (χ3v) is 8.10. The first-order valence-electron chi connectivity index (χ1n) is 14.2. The van der Waals surface area contributed by atoms with Crippen molar-refractivity contribution in [3.05, 3.63) is 22.7 Å². The lowest BCUT2D eigenvalue weighted by atomic mass is 10.00. The number of hydrogen-bond acceptors (Lipinski definition) is 8. The summed E-state index contributed by atoms with van der Waals surface area (Å²) in [4.78, 5) is 30.0. The molecule has 38 heavy (non-hydrogen) atoms. The van der Waals surface area contributed by atoms with Crippen LogP contribution in [-0.2, 0) is 14.3 Å². The number of nitrogens with two attached hydrogens (primary N) is 1. The predicted molar refractivity (Wildman–Crippen MR) is 148 cm³/mol. The van der Waals surface area contributed by atoms with Gasteiger partial charge in [-0.15, -0.1) is 0 Å². The maximum atomic E-state index is 12.8. The Morgan fingerprint density at radius 2 is 2.03 bits per heavy atom. The van der Waals surface area contributed by atoms with Gasteiger partial charge in [-0.2, -0.15) is 0 Å². The monoisotopic (exact) mass is 550 g/mol. The van der Waals surface area contributed by atoms with Crippen LogP contribution in [0.25, 0.3) is 0 Å². The van der Waals surface area contributed by atoms with E-state index in [-0.39, 0.29) is 24.1 Å². The zero-order chi connectivity index (χ0) is 26.9. The molecule has 3 aliphatic rings. The van der Waals surface area contributed by atoms with Crippen LogP contribution >= 0.6 is 11.6 Å². The van der Waals surface area contributed by atoms with Gasteiger partial charge in [0.05, 0.1) is 35.6 Å². The number of carbonyl (C=O) groups excluding carboxylic acids is 2. The highest BCUT2D eigenvalue weighted by molar-refractivity contribution is 6.33. The number of nitrogen functional groups attached to an aromatic ring is 1. The third-order valence-electron chi connectivity index (χ3n) is 7.78. The van der Waals surface area contributed by atoms with Crippen LogP contribution in [0.4, 0.5) is 5.69 Å². The number of anilines is 1. The van der Waals surface area contributed by atoms with Gasteiger partial charge in [-0.1, -0.05) is 18.0 Å². The van der Waals surface area contributed by atoms with E-state index in [0.29, 0.717) is 48.2 Å². The van der Waals surface area contributed by atoms with Crippen molar-refractivity contribution in [3.63, 3.8) is 0 Å². The maximum absolute atomic E-state index is 12.8. The number of hydrogen-bond donors (Lipinski definition) is 2. The Hall–Kier alpha value is -2.07. The molecule has 3 saturated heterocycles. The smallest absolute Gasteiger partial charge is 0.306 e. The van der Waals surface area contributed by atoms with Gasteiger partial charge >= 0.3 is 5.97 Å². The molecule has 0 bridgehead atoms. The number of amides is 1. The fourth-order valence-electron chi connectivity index (χ4n) is 5.55. The fraction of sp³-hybridized carbons (Fsp3) is 0.714. The van der Waals surface area contributed by atoms with Crippen molar-refractivity contribution in [2.24, 2.45) is 0 Å². The van der Waals surface area contributed by atoms with E-state index in [1.807, 2.05) is 6.92 Å². The number of carbonyl (C=O) groups is 2. The van der Waals surface area contributed by atoms with Crippen molar-refractivity contribution in [3.8, 4) is 5.75 Å². The van der Waals surface area contributed by atoms with Crippen molar-refractivity contribution in [1.82, 2.24) is 15.1 Å². The topological polar surface area (TPSA) is 106 Å². The molecule has 3 fully saturated rings. The van der Waals surface area contributed by atoms with Gasteiger partial charge < -0.3 is 25.3 Å². The quantitative estimate of drug-likeness (QED) is 0.231. The number of halogens is 1. The lowest BCUT2D eigenvalue weighted by Crippen LogP contribution is -2.49. The normalized spacial score (nSPS) is 24.1. The molecule has 3 N–H and O–H groups in total. The number of nitrogens with one attached hydrogen (secondary N) is 1. The van der Waals surface area contributed by atoms with Gasteiger partial charge in [-0.05, 0) is 58.1 Å². The average molecular weight is 551 g/mol. The first-order valence-corrected chi connectivity index (χ1v) is 14.6. The number of fused-ring (bicyclic) bond motifs is 1. The summed E-state index contributed by atoms with van der Waals surface area (Å²) < 4.78 is 17.2. The van der Waals surface area contributed by atoms with Crippen LogP contribution in [0.2, 0.25) is 5.02 Å². The summed E-state index contributed by atoms with van der Waals surface area (Å²) in [6, 6.07) is 3.85. The molecule has 4 rings (SSSR count). The maximum Gasteiger partial charge on any atom is 0.306 e. The van der Waals surface area contributed by atoms with Gasteiger partial charge in [0.15, 0.2) is 0 Å². The van der Waals surface area contributed by atoms with Gasteiger partial charge in [-0.25, -0.2) is 0 Å². The van der Waals surface area contributed by atoms with Crippen molar-refractivity contribution >= 4 is 29.2 Å². The first-order chi connectivity index (χ1) is 18.4. The van der Waals surface area contributed by atoms with E-state index in [1.165, 1.54) is 12.8 Å². The minimum Gasteiger partial charge on any atom is -0.493 e. The minimum atomic E-state index is -0.267. The molecule has 0 aromatic heterocycles. The SMILES string of the molecule is CCOc1cc(N)c(Cl)cc1C(=O)NC[C@H]1CN(CCCCCC(=O)OC2CCCC3CCN3C2)CCO1. The summed E-state index contributed by atoms with van der Waals surface area (Å²) in [5.41, 5.74) is 6.60. The molecule has 3 heterocycles. The third kappa shape index (κ3) is 8.21. The van der Waals surface area contributed by atoms with E-state index in [0.717, 1.165) is 70.9 Å². The summed E-state index contributed by atoms with van der Waals surface area (Å²) in [5.74, 6) is 0.100. The summed E-state index contributed by atoms with van der Waals surface area (Å²) in [6.45, 7) is 7.93.